The van der Waals surface area contributed by atoms with Gasteiger partial charge in [-0.3, -0.25) is 9.89 Å². The number of aromatic amines is 1. The number of H-pyrrole nitrogens is 1. The third-order valence-electron chi connectivity index (χ3n) is 4.51. The summed E-state index contributed by atoms with van der Waals surface area (Å²) in [5, 5.41) is 16.3. The molecule has 0 saturated carbocycles. The van der Waals surface area contributed by atoms with Crippen LogP contribution in [0.2, 0.25) is 0 Å². The van der Waals surface area contributed by atoms with E-state index in [0.717, 1.165) is 17.7 Å². The lowest BCUT2D eigenvalue weighted by molar-refractivity contribution is -0.117. The predicted molar refractivity (Wildman–Crippen MR) is 116 cm³/mol. The molecule has 1 amide bonds. The van der Waals surface area contributed by atoms with Gasteiger partial charge in [0, 0.05) is 17.8 Å². The number of rotatable bonds is 8. The van der Waals surface area contributed by atoms with Crippen molar-refractivity contribution in [3.8, 4) is 17.5 Å². The highest BCUT2D eigenvalue weighted by Gasteiger charge is 2.24. The van der Waals surface area contributed by atoms with E-state index in [-0.39, 0.29) is 17.6 Å². The highest BCUT2D eigenvalue weighted by Crippen LogP contribution is 2.26. The molecule has 1 heterocycles. The second-order valence-electron chi connectivity index (χ2n) is 6.51. The van der Waals surface area contributed by atoms with Gasteiger partial charge in [-0.25, -0.2) is 4.98 Å². The van der Waals surface area contributed by atoms with Crippen molar-refractivity contribution in [1.82, 2.24) is 15.2 Å². The standard InChI is InChI=1S/C22H23N5OS/c1-3-17-10-12-18(13-11-17)20-24-22(26-25-20)29-16(2)21(28)27(15-7-14-23)19-8-5-4-6-9-19/h4-6,8-13,16H,3,7,15H2,1-2H3,(H,24,25,26)/t16-/m0/s1. The van der Waals surface area contributed by atoms with Crippen LogP contribution >= 0.6 is 11.8 Å². The number of nitrogens with zero attached hydrogens (tertiary/aromatic N) is 4. The predicted octanol–water partition coefficient (Wildman–Crippen LogP) is 4.46. The van der Waals surface area contributed by atoms with Crippen molar-refractivity contribution in [2.45, 2.75) is 37.1 Å². The van der Waals surface area contributed by atoms with Crippen LogP contribution in [-0.2, 0) is 11.2 Å². The lowest BCUT2D eigenvalue weighted by Crippen LogP contribution is -2.37. The first-order valence-corrected chi connectivity index (χ1v) is 10.4. The topological polar surface area (TPSA) is 85.7 Å². The molecule has 1 N–H and O–H groups in total. The summed E-state index contributed by atoms with van der Waals surface area (Å²) in [4.78, 5) is 19.2. The Labute approximate surface area is 175 Å². The first-order valence-electron chi connectivity index (χ1n) is 9.54. The van der Waals surface area contributed by atoms with E-state index in [4.69, 9.17) is 5.26 Å². The van der Waals surface area contributed by atoms with Gasteiger partial charge in [0.15, 0.2) is 5.82 Å². The number of benzene rings is 2. The molecule has 0 aliphatic carbocycles. The quantitative estimate of drug-likeness (QED) is 0.559. The fourth-order valence-corrected chi connectivity index (χ4v) is 3.68. The van der Waals surface area contributed by atoms with Crippen LogP contribution in [0.4, 0.5) is 5.69 Å². The Bertz CT molecular complexity index is 978. The van der Waals surface area contributed by atoms with Gasteiger partial charge >= 0.3 is 0 Å². The molecule has 0 aliphatic rings. The van der Waals surface area contributed by atoms with Crippen LogP contribution in [0.1, 0.15) is 25.8 Å². The van der Waals surface area contributed by atoms with Gasteiger partial charge in [0.1, 0.15) is 0 Å². The van der Waals surface area contributed by atoms with E-state index >= 15 is 0 Å². The van der Waals surface area contributed by atoms with E-state index in [1.54, 1.807) is 4.90 Å². The summed E-state index contributed by atoms with van der Waals surface area (Å²) in [6.45, 7) is 4.31. The molecule has 29 heavy (non-hydrogen) atoms. The minimum absolute atomic E-state index is 0.0740. The summed E-state index contributed by atoms with van der Waals surface area (Å²) in [5.74, 6) is 0.606. The van der Waals surface area contributed by atoms with Gasteiger partial charge in [0.05, 0.1) is 17.7 Å². The molecular weight excluding hydrogens is 382 g/mol. The minimum Gasteiger partial charge on any atom is -0.310 e. The summed E-state index contributed by atoms with van der Waals surface area (Å²) < 4.78 is 0. The van der Waals surface area contributed by atoms with E-state index in [2.05, 4.69) is 40.3 Å². The second-order valence-corrected chi connectivity index (χ2v) is 7.82. The van der Waals surface area contributed by atoms with Crippen molar-refractivity contribution < 1.29 is 4.79 Å². The molecule has 0 aliphatic heterocycles. The van der Waals surface area contributed by atoms with Crippen molar-refractivity contribution >= 4 is 23.4 Å². The zero-order chi connectivity index (χ0) is 20.6. The fraction of sp³-hybridized carbons (Fsp3) is 0.273. The molecule has 1 aromatic heterocycles. The Balaban J connectivity index is 1.71. The Morgan fingerprint density at radius 2 is 1.93 bits per heavy atom. The van der Waals surface area contributed by atoms with Gasteiger partial charge < -0.3 is 4.90 Å². The van der Waals surface area contributed by atoms with Gasteiger partial charge in [-0.1, -0.05) is 61.2 Å². The maximum atomic E-state index is 13.0. The molecular formula is C22H23N5OS. The van der Waals surface area contributed by atoms with Crippen LogP contribution in [0.25, 0.3) is 11.4 Å². The second kappa shape index (κ2) is 9.89. The summed E-state index contributed by atoms with van der Waals surface area (Å²) in [6.07, 6.45) is 1.26. The zero-order valence-corrected chi connectivity index (χ0v) is 17.3. The van der Waals surface area contributed by atoms with Crippen molar-refractivity contribution in [1.29, 1.82) is 5.26 Å². The molecule has 2 aromatic carbocycles. The molecule has 1 atom stereocenters. The van der Waals surface area contributed by atoms with Gasteiger partial charge in [-0.15, -0.1) is 5.10 Å². The number of para-hydroxylation sites is 1. The van der Waals surface area contributed by atoms with Crippen molar-refractivity contribution in [2.24, 2.45) is 0 Å². The smallest absolute Gasteiger partial charge is 0.240 e. The zero-order valence-electron chi connectivity index (χ0n) is 16.5. The number of nitrogens with one attached hydrogen (secondary N) is 1. The van der Waals surface area contributed by atoms with E-state index in [1.807, 2.05) is 49.4 Å². The molecule has 3 rings (SSSR count). The van der Waals surface area contributed by atoms with E-state index < -0.39 is 0 Å². The molecule has 6 nitrogen and oxygen atoms in total. The molecule has 0 radical (unpaired) electrons. The SMILES string of the molecule is CCc1ccc(-c2nc(S[C@@H](C)C(=O)N(CCC#N)c3ccccc3)n[nH]2)cc1. The molecule has 148 valence electrons. The van der Waals surface area contributed by atoms with Gasteiger partial charge in [-0.05, 0) is 31.0 Å². The Kier molecular flexibility index (Phi) is 7.04. The lowest BCUT2D eigenvalue weighted by atomic mass is 10.1. The number of carbonyl (C=O) groups is 1. The monoisotopic (exact) mass is 405 g/mol. The van der Waals surface area contributed by atoms with Crippen LogP contribution < -0.4 is 4.90 Å². The van der Waals surface area contributed by atoms with Crippen LogP contribution in [0.5, 0.6) is 0 Å². The first kappa shape index (κ1) is 20.6. The van der Waals surface area contributed by atoms with E-state index in [9.17, 15) is 4.79 Å². The van der Waals surface area contributed by atoms with Crippen LogP contribution in [-0.4, -0.2) is 32.9 Å². The lowest BCUT2D eigenvalue weighted by Gasteiger charge is -2.24. The number of amides is 1. The number of carbonyl (C=O) groups excluding carboxylic acids is 1. The van der Waals surface area contributed by atoms with Crippen molar-refractivity contribution in [2.75, 3.05) is 11.4 Å². The number of anilines is 1. The minimum atomic E-state index is -0.389. The number of aromatic nitrogens is 3. The Morgan fingerprint density at radius 3 is 2.59 bits per heavy atom. The van der Waals surface area contributed by atoms with Crippen molar-refractivity contribution in [3.63, 3.8) is 0 Å². The molecule has 0 saturated heterocycles. The highest BCUT2D eigenvalue weighted by atomic mass is 32.2. The summed E-state index contributed by atoms with van der Waals surface area (Å²) in [6, 6.07) is 19.7. The first-order chi connectivity index (χ1) is 14.1. The van der Waals surface area contributed by atoms with Crippen LogP contribution in [0.3, 0.4) is 0 Å². The normalized spacial score (nSPS) is 11.6. The largest absolute Gasteiger partial charge is 0.310 e. The van der Waals surface area contributed by atoms with E-state index in [1.165, 1.54) is 17.3 Å². The fourth-order valence-electron chi connectivity index (χ4n) is 2.89. The molecule has 0 spiro atoms. The van der Waals surface area contributed by atoms with Gasteiger partial charge in [0.25, 0.3) is 0 Å². The third-order valence-corrected chi connectivity index (χ3v) is 5.46. The Hall–Kier alpha value is -3.11. The maximum Gasteiger partial charge on any atom is 0.240 e. The molecule has 3 aromatic rings. The average molecular weight is 406 g/mol. The van der Waals surface area contributed by atoms with E-state index in [0.29, 0.717) is 17.5 Å². The average Bonchev–Trinajstić information content (AvgIpc) is 3.23. The summed E-state index contributed by atoms with van der Waals surface area (Å²) >= 11 is 1.30. The van der Waals surface area contributed by atoms with Crippen LogP contribution in [0.15, 0.2) is 59.8 Å². The summed E-state index contributed by atoms with van der Waals surface area (Å²) in [7, 11) is 0. The highest BCUT2D eigenvalue weighted by molar-refractivity contribution is 8.00. The molecule has 7 heteroatoms. The number of thioether (sulfide) groups is 1. The number of hydrogen-bond donors (Lipinski definition) is 1. The van der Waals surface area contributed by atoms with Gasteiger partial charge in [-0.2, -0.15) is 5.26 Å². The number of aryl methyl sites for hydroxylation is 1. The summed E-state index contributed by atoms with van der Waals surface area (Å²) in [5.41, 5.74) is 3.01. The molecule has 0 unspecified atom stereocenters. The number of nitriles is 1. The van der Waals surface area contributed by atoms with Crippen molar-refractivity contribution in [3.05, 3.63) is 60.2 Å². The molecule has 0 fully saturated rings. The number of hydrogen-bond acceptors (Lipinski definition) is 5. The molecule has 0 bridgehead atoms. The van der Waals surface area contributed by atoms with Gasteiger partial charge in [0.2, 0.25) is 11.1 Å². The Morgan fingerprint density at radius 1 is 1.21 bits per heavy atom. The van der Waals surface area contributed by atoms with Crippen LogP contribution in [0, 0.1) is 11.3 Å². The maximum absolute atomic E-state index is 13.0. The third kappa shape index (κ3) is 5.24.